The van der Waals surface area contributed by atoms with Gasteiger partial charge in [-0.3, -0.25) is 9.69 Å². The Morgan fingerprint density at radius 1 is 1.12 bits per heavy atom. The summed E-state index contributed by atoms with van der Waals surface area (Å²) in [4.78, 5) is 20.2. The summed E-state index contributed by atoms with van der Waals surface area (Å²) >= 11 is 0. The number of morpholine rings is 1. The third-order valence-electron chi connectivity index (χ3n) is 6.17. The number of rotatable bonds is 6. The van der Waals surface area contributed by atoms with Crippen molar-refractivity contribution in [2.24, 2.45) is 0 Å². The number of carbonyl (C=O) groups is 1. The third-order valence-corrected chi connectivity index (χ3v) is 6.17. The second-order valence-corrected chi connectivity index (χ2v) is 8.49. The predicted molar refractivity (Wildman–Crippen MR) is 132 cm³/mol. The summed E-state index contributed by atoms with van der Waals surface area (Å²) in [5.74, 6) is 0.605. The van der Waals surface area contributed by atoms with E-state index in [-0.39, 0.29) is 5.91 Å². The van der Waals surface area contributed by atoms with Crippen LogP contribution < -0.4 is 10.1 Å². The number of imidazole rings is 1. The molecule has 3 heterocycles. The van der Waals surface area contributed by atoms with Crippen molar-refractivity contribution in [2.45, 2.75) is 13.5 Å². The average molecular weight is 457 g/mol. The van der Waals surface area contributed by atoms with Gasteiger partial charge in [0, 0.05) is 48.8 Å². The number of pyridine rings is 1. The molecule has 0 unspecified atom stereocenters. The number of nitrogens with one attached hydrogen (secondary N) is 1. The van der Waals surface area contributed by atoms with Crippen molar-refractivity contribution in [3.8, 4) is 17.0 Å². The number of anilines is 1. The molecule has 1 saturated heterocycles. The predicted octanol–water partition coefficient (Wildman–Crippen LogP) is 4.40. The van der Waals surface area contributed by atoms with Crippen LogP contribution in [0.15, 0.2) is 67.0 Å². The van der Waals surface area contributed by atoms with Gasteiger partial charge in [-0.15, -0.1) is 0 Å². The molecule has 0 bridgehead atoms. The number of aromatic nitrogens is 2. The molecule has 5 rings (SSSR count). The Labute approximate surface area is 198 Å². The summed E-state index contributed by atoms with van der Waals surface area (Å²) in [7, 11) is 1.64. The zero-order valence-electron chi connectivity index (χ0n) is 19.5. The second-order valence-electron chi connectivity index (χ2n) is 8.49. The van der Waals surface area contributed by atoms with Crippen molar-refractivity contribution >= 4 is 17.2 Å². The topological polar surface area (TPSA) is 68.1 Å². The maximum absolute atomic E-state index is 13.2. The fraction of sp³-hybridized carbons (Fsp3) is 0.259. The quantitative estimate of drug-likeness (QED) is 0.466. The van der Waals surface area contributed by atoms with Crippen molar-refractivity contribution in [3.63, 3.8) is 0 Å². The van der Waals surface area contributed by atoms with E-state index in [0.29, 0.717) is 25.3 Å². The summed E-state index contributed by atoms with van der Waals surface area (Å²) in [6, 6.07) is 17.5. The molecule has 1 amide bonds. The van der Waals surface area contributed by atoms with Crippen LogP contribution in [-0.2, 0) is 11.3 Å². The minimum atomic E-state index is -0.137. The van der Waals surface area contributed by atoms with Gasteiger partial charge >= 0.3 is 0 Å². The van der Waals surface area contributed by atoms with Gasteiger partial charge in [0.05, 0.1) is 26.0 Å². The van der Waals surface area contributed by atoms with Crippen molar-refractivity contribution in [1.82, 2.24) is 14.3 Å². The van der Waals surface area contributed by atoms with E-state index in [1.54, 1.807) is 7.11 Å². The first-order valence-electron chi connectivity index (χ1n) is 11.4. The SMILES string of the molecule is COc1ccc(C(=O)Nc2ccc(-c3cn4cccc(C)c4n3)cc2)c(CN2CCOCC2)c1. The van der Waals surface area contributed by atoms with Crippen molar-refractivity contribution < 1.29 is 14.3 Å². The molecule has 34 heavy (non-hydrogen) atoms. The van der Waals surface area contributed by atoms with Crippen LogP contribution in [0.5, 0.6) is 5.75 Å². The molecular weight excluding hydrogens is 428 g/mol. The minimum Gasteiger partial charge on any atom is -0.497 e. The van der Waals surface area contributed by atoms with Gasteiger partial charge in [0.1, 0.15) is 11.4 Å². The number of fused-ring (bicyclic) bond motifs is 1. The number of methoxy groups -OCH3 is 1. The van der Waals surface area contributed by atoms with Gasteiger partial charge in [-0.2, -0.15) is 0 Å². The lowest BCUT2D eigenvalue weighted by Crippen LogP contribution is -2.36. The number of ether oxygens (including phenoxy) is 2. The summed E-state index contributed by atoms with van der Waals surface area (Å²) < 4.78 is 12.9. The molecule has 0 spiro atoms. The lowest BCUT2D eigenvalue weighted by Gasteiger charge is -2.27. The van der Waals surface area contributed by atoms with Gasteiger partial charge in [0.15, 0.2) is 0 Å². The number of aryl methyl sites for hydroxylation is 1. The molecule has 1 fully saturated rings. The highest BCUT2D eigenvalue weighted by Crippen LogP contribution is 2.24. The molecule has 0 atom stereocenters. The molecule has 1 aliphatic rings. The maximum atomic E-state index is 13.2. The second kappa shape index (κ2) is 9.67. The molecule has 2 aromatic heterocycles. The lowest BCUT2D eigenvalue weighted by atomic mass is 10.0. The highest BCUT2D eigenvalue weighted by molar-refractivity contribution is 6.05. The molecule has 1 aliphatic heterocycles. The van der Waals surface area contributed by atoms with Gasteiger partial charge < -0.3 is 19.2 Å². The van der Waals surface area contributed by atoms with E-state index < -0.39 is 0 Å². The molecule has 1 N–H and O–H groups in total. The standard InChI is InChI=1S/C27H28N4O3/c1-19-4-3-11-31-18-25(29-26(19)31)20-5-7-22(8-6-20)28-27(32)24-10-9-23(33-2)16-21(24)17-30-12-14-34-15-13-30/h3-11,16,18H,12-15,17H2,1-2H3,(H,28,32). The van der Waals surface area contributed by atoms with Crippen LogP contribution in [-0.4, -0.2) is 53.6 Å². The van der Waals surface area contributed by atoms with E-state index in [1.807, 2.05) is 65.3 Å². The first kappa shape index (κ1) is 22.1. The smallest absolute Gasteiger partial charge is 0.255 e. The van der Waals surface area contributed by atoms with Crippen LogP contribution in [0.2, 0.25) is 0 Å². The summed E-state index contributed by atoms with van der Waals surface area (Å²) in [6.07, 6.45) is 4.02. The first-order valence-corrected chi connectivity index (χ1v) is 11.4. The fourth-order valence-electron chi connectivity index (χ4n) is 4.27. The van der Waals surface area contributed by atoms with Crippen molar-refractivity contribution in [3.05, 3.63) is 83.7 Å². The monoisotopic (exact) mass is 456 g/mol. The molecule has 0 aliphatic carbocycles. The van der Waals surface area contributed by atoms with Crippen molar-refractivity contribution in [1.29, 1.82) is 0 Å². The Morgan fingerprint density at radius 3 is 2.65 bits per heavy atom. The average Bonchev–Trinajstić information content (AvgIpc) is 3.31. The summed E-state index contributed by atoms with van der Waals surface area (Å²) in [5.41, 5.74) is 6.30. The largest absolute Gasteiger partial charge is 0.497 e. The van der Waals surface area contributed by atoms with E-state index >= 15 is 0 Å². The first-order chi connectivity index (χ1) is 16.6. The number of hydrogen-bond donors (Lipinski definition) is 1. The van der Waals surface area contributed by atoms with Crippen LogP contribution >= 0.6 is 0 Å². The van der Waals surface area contributed by atoms with Gasteiger partial charge in [0.25, 0.3) is 5.91 Å². The molecule has 174 valence electrons. The van der Waals surface area contributed by atoms with E-state index in [9.17, 15) is 4.79 Å². The molecule has 2 aromatic carbocycles. The molecular formula is C27H28N4O3. The van der Waals surface area contributed by atoms with Crippen LogP contribution in [0.1, 0.15) is 21.5 Å². The van der Waals surface area contributed by atoms with E-state index in [2.05, 4.69) is 23.2 Å². The lowest BCUT2D eigenvalue weighted by molar-refractivity contribution is 0.0341. The summed E-state index contributed by atoms with van der Waals surface area (Å²) in [6.45, 7) is 5.85. The Bertz CT molecular complexity index is 1310. The highest BCUT2D eigenvalue weighted by Gasteiger charge is 2.18. The molecule has 4 aromatic rings. The van der Waals surface area contributed by atoms with E-state index in [4.69, 9.17) is 14.5 Å². The normalized spacial score (nSPS) is 14.3. The number of nitrogens with zero attached hydrogens (tertiary/aromatic N) is 3. The van der Waals surface area contributed by atoms with E-state index in [0.717, 1.165) is 52.6 Å². The number of amides is 1. The number of benzene rings is 2. The Morgan fingerprint density at radius 2 is 1.91 bits per heavy atom. The van der Waals surface area contributed by atoms with Gasteiger partial charge in [-0.1, -0.05) is 18.2 Å². The van der Waals surface area contributed by atoms with Gasteiger partial charge in [0.2, 0.25) is 0 Å². The molecule has 7 nitrogen and oxygen atoms in total. The Hall–Kier alpha value is -3.68. The van der Waals surface area contributed by atoms with Crippen LogP contribution in [0.4, 0.5) is 5.69 Å². The van der Waals surface area contributed by atoms with Crippen LogP contribution in [0.3, 0.4) is 0 Å². The zero-order valence-corrected chi connectivity index (χ0v) is 19.5. The van der Waals surface area contributed by atoms with Crippen molar-refractivity contribution in [2.75, 3.05) is 38.7 Å². The van der Waals surface area contributed by atoms with Gasteiger partial charge in [-0.05, 0) is 54.4 Å². The summed E-state index contributed by atoms with van der Waals surface area (Å²) in [5, 5.41) is 3.04. The van der Waals surface area contributed by atoms with Crippen LogP contribution in [0.25, 0.3) is 16.9 Å². The minimum absolute atomic E-state index is 0.137. The number of carbonyl (C=O) groups excluding carboxylic acids is 1. The Kier molecular flexibility index (Phi) is 6.29. The highest BCUT2D eigenvalue weighted by atomic mass is 16.5. The van der Waals surface area contributed by atoms with Gasteiger partial charge in [-0.25, -0.2) is 4.98 Å². The zero-order chi connectivity index (χ0) is 23.5. The Balaban J connectivity index is 1.34. The third kappa shape index (κ3) is 4.66. The van der Waals surface area contributed by atoms with Crippen LogP contribution in [0, 0.1) is 6.92 Å². The molecule has 0 saturated carbocycles. The molecule has 0 radical (unpaired) electrons. The number of hydrogen-bond acceptors (Lipinski definition) is 5. The van der Waals surface area contributed by atoms with E-state index in [1.165, 1.54) is 0 Å². The maximum Gasteiger partial charge on any atom is 0.255 e. The fourth-order valence-corrected chi connectivity index (χ4v) is 4.27. The molecule has 7 heteroatoms.